The largest absolute Gasteiger partial charge is 0.315 e. The van der Waals surface area contributed by atoms with E-state index in [4.69, 9.17) is 0 Å². The van der Waals surface area contributed by atoms with E-state index in [2.05, 4.69) is 48.9 Å². The molecule has 1 N–H and O–H groups in total. The molecule has 18 heavy (non-hydrogen) atoms. The van der Waals surface area contributed by atoms with Crippen molar-refractivity contribution in [2.75, 3.05) is 6.54 Å². The van der Waals surface area contributed by atoms with E-state index in [0.29, 0.717) is 6.04 Å². The molecule has 0 radical (unpaired) electrons. The van der Waals surface area contributed by atoms with Crippen LogP contribution >= 0.6 is 15.9 Å². The van der Waals surface area contributed by atoms with Gasteiger partial charge in [0.15, 0.2) is 0 Å². The first-order chi connectivity index (χ1) is 8.30. The zero-order chi connectivity index (χ0) is 13.8. The Balaban J connectivity index is 2.58. The van der Waals surface area contributed by atoms with Crippen LogP contribution in [0.4, 0.5) is 4.39 Å². The molecule has 0 spiro atoms. The van der Waals surface area contributed by atoms with E-state index < -0.39 is 0 Å². The smallest absolute Gasteiger partial charge is 0.124 e. The fraction of sp³-hybridized carbons (Fsp3) is 0.600. The zero-order valence-electron chi connectivity index (χ0n) is 11.7. The highest BCUT2D eigenvalue weighted by Crippen LogP contribution is 2.29. The van der Waals surface area contributed by atoms with Crippen molar-refractivity contribution in [3.8, 4) is 0 Å². The van der Waals surface area contributed by atoms with Crippen molar-refractivity contribution in [1.82, 2.24) is 5.32 Å². The molecule has 1 rings (SSSR count). The first kappa shape index (κ1) is 15.6. The summed E-state index contributed by atoms with van der Waals surface area (Å²) < 4.78 is 13.9. The van der Waals surface area contributed by atoms with Gasteiger partial charge in [0.2, 0.25) is 0 Å². The summed E-state index contributed by atoms with van der Waals surface area (Å²) in [6, 6.07) is 5.47. The third kappa shape index (κ3) is 5.49. The quantitative estimate of drug-likeness (QED) is 0.812. The monoisotopic (exact) mass is 315 g/mol. The molecule has 1 nitrogen and oxygen atoms in total. The number of hydrogen-bond donors (Lipinski definition) is 1. The van der Waals surface area contributed by atoms with Gasteiger partial charge in [-0.2, -0.15) is 0 Å². The van der Waals surface area contributed by atoms with Crippen LogP contribution in [0.3, 0.4) is 0 Å². The van der Waals surface area contributed by atoms with Gasteiger partial charge in [-0.1, -0.05) is 49.7 Å². The van der Waals surface area contributed by atoms with Gasteiger partial charge in [-0.15, -0.1) is 0 Å². The van der Waals surface area contributed by atoms with E-state index in [-0.39, 0.29) is 11.2 Å². The molecule has 0 aromatic heterocycles. The maximum absolute atomic E-state index is 13.0. The molecule has 0 aliphatic carbocycles. The fourth-order valence-electron chi connectivity index (χ4n) is 1.97. The van der Waals surface area contributed by atoms with Crippen molar-refractivity contribution in [2.45, 2.75) is 46.6 Å². The van der Waals surface area contributed by atoms with Gasteiger partial charge in [-0.3, -0.25) is 0 Å². The van der Waals surface area contributed by atoms with Crippen LogP contribution < -0.4 is 5.32 Å². The summed E-state index contributed by atoms with van der Waals surface area (Å²) in [5, 5.41) is 3.44. The van der Waals surface area contributed by atoms with Crippen LogP contribution in [0.15, 0.2) is 22.7 Å². The molecule has 0 saturated heterocycles. The lowest BCUT2D eigenvalue weighted by atomic mass is 9.82. The molecule has 102 valence electrons. The Kier molecular flexibility index (Phi) is 5.80. The lowest BCUT2D eigenvalue weighted by Gasteiger charge is -2.26. The average Bonchev–Trinajstić information content (AvgIpc) is 2.21. The van der Waals surface area contributed by atoms with E-state index in [0.717, 1.165) is 23.9 Å². The van der Waals surface area contributed by atoms with Crippen LogP contribution in [0.25, 0.3) is 0 Å². The molecule has 0 atom stereocenters. The van der Waals surface area contributed by atoms with Gasteiger partial charge >= 0.3 is 0 Å². The Morgan fingerprint density at radius 3 is 2.56 bits per heavy atom. The Morgan fingerprint density at radius 2 is 2.00 bits per heavy atom. The minimum atomic E-state index is -0.190. The molecule has 3 heteroatoms. The predicted molar refractivity (Wildman–Crippen MR) is 79.3 cm³/mol. The number of halogens is 2. The van der Waals surface area contributed by atoms with Crippen molar-refractivity contribution < 1.29 is 4.39 Å². The summed E-state index contributed by atoms with van der Waals surface area (Å²) >= 11 is 3.44. The van der Waals surface area contributed by atoms with Crippen molar-refractivity contribution in [3.05, 3.63) is 34.1 Å². The van der Waals surface area contributed by atoms with Gasteiger partial charge in [0, 0.05) is 10.5 Å². The fourth-order valence-corrected chi connectivity index (χ4v) is 2.46. The number of benzene rings is 1. The molecule has 1 aromatic rings. The molecule has 0 aliphatic heterocycles. The highest BCUT2D eigenvalue weighted by Gasteiger charge is 2.19. The standard InChI is InChI=1S/C15H23BrFN/c1-11(2)18-8-7-15(3,4)10-12-5-6-13(17)9-14(12)16/h5-6,9,11,18H,7-8,10H2,1-4H3. The van der Waals surface area contributed by atoms with Crippen LogP contribution in [0.2, 0.25) is 0 Å². The minimum absolute atomic E-state index is 0.190. The summed E-state index contributed by atoms with van der Waals surface area (Å²) in [6.07, 6.45) is 2.06. The minimum Gasteiger partial charge on any atom is -0.315 e. The van der Waals surface area contributed by atoms with Crippen LogP contribution in [-0.4, -0.2) is 12.6 Å². The van der Waals surface area contributed by atoms with Gasteiger partial charge in [0.1, 0.15) is 5.82 Å². The number of nitrogens with one attached hydrogen (secondary N) is 1. The van der Waals surface area contributed by atoms with E-state index in [1.807, 2.05) is 6.07 Å². The Bertz CT molecular complexity index is 388. The van der Waals surface area contributed by atoms with Crippen LogP contribution in [0.1, 0.15) is 39.7 Å². The van der Waals surface area contributed by atoms with E-state index in [1.54, 1.807) is 0 Å². The highest BCUT2D eigenvalue weighted by molar-refractivity contribution is 9.10. The normalized spacial score (nSPS) is 12.2. The van der Waals surface area contributed by atoms with E-state index in [9.17, 15) is 4.39 Å². The van der Waals surface area contributed by atoms with Crippen molar-refractivity contribution in [2.24, 2.45) is 5.41 Å². The molecular formula is C15H23BrFN. The summed E-state index contributed by atoms with van der Waals surface area (Å²) in [7, 11) is 0. The molecule has 0 saturated carbocycles. The maximum atomic E-state index is 13.0. The molecule has 1 aromatic carbocycles. The molecule has 0 heterocycles. The van der Waals surface area contributed by atoms with Gasteiger partial charge in [0.05, 0.1) is 0 Å². The van der Waals surface area contributed by atoms with Gasteiger partial charge in [0.25, 0.3) is 0 Å². The molecule has 0 unspecified atom stereocenters. The number of rotatable bonds is 6. The zero-order valence-corrected chi connectivity index (χ0v) is 13.3. The number of hydrogen-bond acceptors (Lipinski definition) is 1. The Hall–Kier alpha value is -0.410. The second kappa shape index (κ2) is 6.67. The third-order valence-electron chi connectivity index (χ3n) is 3.04. The SMILES string of the molecule is CC(C)NCCC(C)(C)Cc1ccc(F)cc1Br. The van der Waals surface area contributed by atoms with Crippen molar-refractivity contribution in [1.29, 1.82) is 0 Å². The maximum Gasteiger partial charge on any atom is 0.124 e. The first-order valence-corrected chi connectivity index (χ1v) is 7.27. The van der Waals surface area contributed by atoms with Crippen LogP contribution in [-0.2, 0) is 6.42 Å². The molecule has 0 fully saturated rings. The van der Waals surface area contributed by atoms with Gasteiger partial charge in [-0.05, 0) is 42.5 Å². The van der Waals surface area contributed by atoms with Crippen LogP contribution in [0.5, 0.6) is 0 Å². The van der Waals surface area contributed by atoms with Gasteiger partial charge < -0.3 is 5.32 Å². The molecule has 0 bridgehead atoms. The average molecular weight is 316 g/mol. The first-order valence-electron chi connectivity index (χ1n) is 6.47. The van der Waals surface area contributed by atoms with Crippen LogP contribution in [0, 0.1) is 11.2 Å². The highest BCUT2D eigenvalue weighted by atomic mass is 79.9. The third-order valence-corrected chi connectivity index (χ3v) is 3.78. The Morgan fingerprint density at radius 1 is 1.33 bits per heavy atom. The molecule has 0 aliphatic rings. The second-order valence-corrected chi connectivity index (χ2v) is 6.79. The molecular weight excluding hydrogens is 293 g/mol. The Labute approximate surface area is 118 Å². The summed E-state index contributed by atoms with van der Waals surface area (Å²) in [6.45, 7) is 9.84. The van der Waals surface area contributed by atoms with Gasteiger partial charge in [-0.25, -0.2) is 4.39 Å². The topological polar surface area (TPSA) is 12.0 Å². The van der Waals surface area contributed by atoms with Crippen molar-refractivity contribution in [3.63, 3.8) is 0 Å². The predicted octanol–water partition coefficient (Wildman–Crippen LogP) is 4.55. The second-order valence-electron chi connectivity index (χ2n) is 5.94. The van der Waals surface area contributed by atoms with Crippen molar-refractivity contribution >= 4 is 15.9 Å². The summed E-state index contributed by atoms with van der Waals surface area (Å²) in [5.41, 5.74) is 1.38. The lowest BCUT2D eigenvalue weighted by molar-refractivity contribution is 0.320. The molecule has 0 amide bonds. The van der Waals surface area contributed by atoms with E-state index in [1.165, 1.54) is 17.7 Å². The summed E-state index contributed by atoms with van der Waals surface area (Å²) in [4.78, 5) is 0. The summed E-state index contributed by atoms with van der Waals surface area (Å²) in [5.74, 6) is -0.190. The van der Waals surface area contributed by atoms with E-state index >= 15 is 0 Å². The lowest BCUT2D eigenvalue weighted by Crippen LogP contribution is -2.28.